The summed E-state index contributed by atoms with van der Waals surface area (Å²) in [5, 5.41) is 8.52. The van der Waals surface area contributed by atoms with Gasteiger partial charge in [-0.25, -0.2) is 0 Å². The summed E-state index contributed by atoms with van der Waals surface area (Å²) < 4.78 is 2.12. The van der Waals surface area contributed by atoms with Gasteiger partial charge in [-0.3, -0.25) is 14.5 Å². The summed E-state index contributed by atoms with van der Waals surface area (Å²) in [6.07, 6.45) is 7.97. The SMILES string of the molecule is CC(C)Cn1nc(C(=O)N2CCCC2)c2c1CC[C@@H](NCCc1ccccn1)C2. The van der Waals surface area contributed by atoms with Gasteiger partial charge in [0.15, 0.2) is 5.69 Å². The third kappa shape index (κ3) is 4.69. The zero-order valence-corrected chi connectivity index (χ0v) is 17.7. The Morgan fingerprint density at radius 3 is 2.83 bits per heavy atom. The maximum Gasteiger partial charge on any atom is 0.274 e. The van der Waals surface area contributed by atoms with Crippen LogP contribution in [0.5, 0.6) is 0 Å². The predicted molar refractivity (Wildman–Crippen MR) is 114 cm³/mol. The fourth-order valence-corrected chi connectivity index (χ4v) is 4.55. The first-order chi connectivity index (χ1) is 14.1. The van der Waals surface area contributed by atoms with E-state index >= 15 is 0 Å². The molecule has 2 aliphatic rings. The smallest absolute Gasteiger partial charge is 0.274 e. The molecule has 156 valence electrons. The lowest BCUT2D eigenvalue weighted by Crippen LogP contribution is -2.37. The van der Waals surface area contributed by atoms with Crippen molar-refractivity contribution in [2.75, 3.05) is 19.6 Å². The molecule has 6 heteroatoms. The number of likely N-dealkylation sites (tertiary alicyclic amines) is 1. The summed E-state index contributed by atoms with van der Waals surface area (Å²) in [4.78, 5) is 19.5. The van der Waals surface area contributed by atoms with E-state index in [0.717, 1.165) is 70.4 Å². The van der Waals surface area contributed by atoms with Crippen LogP contribution in [0.15, 0.2) is 24.4 Å². The van der Waals surface area contributed by atoms with E-state index in [1.54, 1.807) is 0 Å². The molecule has 0 aromatic carbocycles. The Morgan fingerprint density at radius 2 is 2.10 bits per heavy atom. The van der Waals surface area contributed by atoms with Gasteiger partial charge in [0, 0.05) is 61.8 Å². The normalized spacial score (nSPS) is 19.0. The Bertz CT molecular complexity index is 823. The second-order valence-corrected chi connectivity index (χ2v) is 8.81. The average molecular weight is 396 g/mol. The maximum atomic E-state index is 13.1. The van der Waals surface area contributed by atoms with Crippen LogP contribution in [0.25, 0.3) is 0 Å². The van der Waals surface area contributed by atoms with E-state index in [1.165, 1.54) is 11.3 Å². The monoisotopic (exact) mass is 395 g/mol. The Kier molecular flexibility index (Phi) is 6.28. The third-order valence-electron chi connectivity index (χ3n) is 6.02. The number of pyridine rings is 1. The van der Waals surface area contributed by atoms with Crippen molar-refractivity contribution in [2.24, 2.45) is 5.92 Å². The van der Waals surface area contributed by atoms with Crippen LogP contribution >= 0.6 is 0 Å². The Balaban J connectivity index is 1.47. The van der Waals surface area contributed by atoms with Crippen molar-refractivity contribution >= 4 is 5.91 Å². The van der Waals surface area contributed by atoms with E-state index in [4.69, 9.17) is 5.10 Å². The van der Waals surface area contributed by atoms with Gasteiger partial charge < -0.3 is 10.2 Å². The molecule has 1 aliphatic heterocycles. The first-order valence-electron chi connectivity index (χ1n) is 11.1. The van der Waals surface area contributed by atoms with E-state index in [1.807, 2.05) is 23.2 Å². The summed E-state index contributed by atoms with van der Waals surface area (Å²) >= 11 is 0. The van der Waals surface area contributed by atoms with Gasteiger partial charge in [-0.05, 0) is 50.2 Å². The highest BCUT2D eigenvalue weighted by atomic mass is 16.2. The molecule has 4 rings (SSSR count). The molecule has 6 nitrogen and oxygen atoms in total. The van der Waals surface area contributed by atoms with Gasteiger partial charge in [0.25, 0.3) is 5.91 Å². The molecule has 1 fully saturated rings. The van der Waals surface area contributed by atoms with Crippen molar-refractivity contribution < 1.29 is 4.79 Å². The van der Waals surface area contributed by atoms with E-state index in [0.29, 0.717) is 17.7 Å². The Labute approximate surface area is 173 Å². The van der Waals surface area contributed by atoms with E-state index in [2.05, 4.69) is 34.9 Å². The molecule has 0 radical (unpaired) electrons. The number of fused-ring (bicyclic) bond motifs is 1. The highest BCUT2D eigenvalue weighted by molar-refractivity contribution is 5.94. The van der Waals surface area contributed by atoms with Gasteiger partial charge in [-0.1, -0.05) is 19.9 Å². The lowest BCUT2D eigenvalue weighted by molar-refractivity contribution is 0.0784. The molecule has 0 saturated carbocycles. The third-order valence-corrected chi connectivity index (χ3v) is 6.02. The minimum atomic E-state index is 0.135. The molecule has 0 unspecified atom stereocenters. The molecule has 1 atom stereocenters. The van der Waals surface area contributed by atoms with Crippen LogP contribution in [0.2, 0.25) is 0 Å². The molecule has 29 heavy (non-hydrogen) atoms. The van der Waals surface area contributed by atoms with Crippen LogP contribution in [0.3, 0.4) is 0 Å². The van der Waals surface area contributed by atoms with Crippen molar-refractivity contribution in [1.29, 1.82) is 0 Å². The number of hydrogen-bond donors (Lipinski definition) is 1. The van der Waals surface area contributed by atoms with E-state index < -0.39 is 0 Å². The minimum absolute atomic E-state index is 0.135. The number of aromatic nitrogens is 3. The van der Waals surface area contributed by atoms with E-state index in [-0.39, 0.29) is 5.91 Å². The summed E-state index contributed by atoms with van der Waals surface area (Å²) in [6, 6.07) is 6.46. The molecule has 1 saturated heterocycles. The highest BCUT2D eigenvalue weighted by Gasteiger charge is 2.31. The van der Waals surface area contributed by atoms with Crippen LogP contribution < -0.4 is 5.32 Å². The second kappa shape index (κ2) is 9.08. The van der Waals surface area contributed by atoms with Crippen LogP contribution in [0.1, 0.15) is 60.5 Å². The first-order valence-corrected chi connectivity index (χ1v) is 11.1. The molecule has 1 N–H and O–H groups in total. The summed E-state index contributed by atoms with van der Waals surface area (Å²) in [5.41, 5.74) is 4.29. The number of rotatable bonds is 7. The topological polar surface area (TPSA) is 63.1 Å². The quantitative estimate of drug-likeness (QED) is 0.783. The molecule has 3 heterocycles. The van der Waals surface area contributed by atoms with Crippen molar-refractivity contribution in [1.82, 2.24) is 25.0 Å². The number of nitrogens with one attached hydrogen (secondary N) is 1. The zero-order chi connectivity index (χ0) is 20.2. The largest absolute Gasteiger partial charge is 0.337 e. The number of hydrogen-bond acceptors (Lipinski definition) is 4. The van der Waals surface area contributed by atoms with Gasteiger partial charge in [0.2, 0.25) is 0 Å². The average Bonchev–Trinajstić information content (AvgIpc) is 3.37. The van der Waals surface area contributed by atoms with Crippen molar-refractivity contribution in [2.45, 2.75) is 65.0 Å². The van der Waals surface area contributed by atoms with Gasteiger partial charge >= 0.3 is 0 Å². The molecular formula is C23H33N5O. The number of carbonyl (C=O) groups is 1. The zero-order valence-electron chi connectivity index (χ0n) is 17.7. The molecule has 2 aromatic heterocycles. The summed E-state index contributed by atoms with van der Waals surface area (Å²) in [7, 11) is 0. The van der Waals surface area contributed by atoms with Crippen LogP contribution in [0, 0.1) is 5.92 Å². The van der Waals surface area contributed by atoms with Gasteiger partial charge in [0.1, 0.15) is 0 Å². The van der Waals surface area contributed by atoms with Crippen molar-refractivity contribution in [3.05, 3.63) is 47.0 Å². The van der Waals surface area contributed by atoms with Gasteiger partial charge in [-0.2, -0.15) is 5.10 Å². The molecule has 0 spiro atoms. The van der Waals surface area contributed by atoms with Crippen molar-refractivity contribution in [3.8, 4) is 0 Å². The fourth-order valence-electron chi connectivity index (χ4n) is 4.55. The summed E-state index contributed by atoms with van der Waals surface area (Å²) in [6.45, 7) is 7.95. The lowest BCUT2D eigenvalue weighted by Gasteiger charge is -2.25. The van der Waals surface area contributed by atoms with Crippen LogP contribution in [-0.2, 0) is 25.8 Å². The molecule has 2 aromatic rings. The number of amides is 1. The summed E-state index contributed by atoms with van der Waals surface area (Å²) in [5.74, 6) is 0.651. The van der Waals surface area contributed by atoms with Gasteiger partial charge in [-0.15, -0.1) is 0 Å². The Morgan fingerprint density at radius 1 is 1.28 bits per heavy atom. The number of carbonyl (C=O) groups excluding carboxylic acids is 1. The molecule has 1 amide bonds. The van der Waals surface area contributed by atoms with Crippen LogP contribution in [-0.4, -0.2) is 51.2 Å². The van der Waals surface area contributed by atoms with Crippen LogP contribution in [0.4, 0.5) is 0 Å². The van der Waals surface area contributed by atoms with E-state index in [9.17, 15) is 4.79 Å². The minimum Gasteiger partial charge on any atom is -0.337 e. The Hall–Kier alpha value is -2.21. The molecule has 1 aliphatic carbocycles. The first kappa shape index (κ1) is 20.1. The maximum absolute atomic E-state index is 13.1. The number of nitrogens with zero attached hydrogens (tertiary/aromatic N) is 4. The second-order valence-electron chi connectivity index (χ2n) is 8.81. The molecule has 0 bridgehead atoms. The van der Waals surface area contributed by atoms with Crippen molar-refractivity contribution in [3.63, 3.8) is 0 Å². The standard InChI is InChI=1S/C23H33N5O/c1-17(2)16-28-21-9-8-19(25-12-10-18-7-3-4-11-24-18)15-20(21)22(26-28)23(29)27-13-5-6-14-27/h3-4,7,11,17,19,25H,5-6,8-10,12-16H2,1-2H3/t19-/m1/s1. The fraction of sp³-hybridized carbons (Fsp3) is 0.609. The van der Waals surface area contributed by atoms with Gasteiger partial charge in [0.05, 0.1) is 0 Å². The molecular weight excluding hydrogens is 362 g/mol. The predicted octanol–water partition coefficient (Wildman–Crippen LogP) is 2.86. The highest BCUT2D eigenvalue weighted by Crippen LogP contribution is 2.27. The lowest BCUT2D eigenvalue weighted by atomic mass is 9.91.